The van der Waals surface area contributed by atoms with Crippen LogP contribution in [0.4, 0.5) is 0 Å². The molecule has 4 rings (SSSR count). The minimum atomic E-state index is 0.126. The van der Waals surface area contributed by atoms with Crippen molar-refractivity contribution >= 4 is 28.6 Å². The first-order valence-corrected chi connectivity index (χ1v) is 10.2. The predicted molar refractivity (Wildman–Crippen MR) is 104 cm³/mol. The lowest BCUT2D eigenvalue weighted by atomic mass is 10.1. The molecular weight excluding hydrogens is 348 g/mol. The summed E-state index contributed by atoms with van der Waals surface area (Å²) in [5.74, 6) is 0.126. The lowest BCUT2D eigenvalue weighted by Gasteiger charge is -2.22. The molecule has 0 radical (unpaired) electrons. The molecule has 0 bridgehead atoms. The number of thiazole rings is 1. The van der Waals surface area contributed by atoms with Crippen molar-refractivity contribution in [1.82, 2.24) is 9.88 Å². The fraction of sp³-hybridized carbons (Fsp3) is 0.300. The molecule has 0 atom stereocenters. The van der Waals surface area contributed by atoms with Gasteiger partial charge in [0.2, 0.25) is 0 Å². The first-order chi connectivity index (χ1) is 12.1. The highest BCUT2D eigenvalue weighted by molar-refractivity contribution is 7.15. The molecular formula is C20H20N2OS2. The fourth-order valence-corrected chi connectivity index (χ4v) is 4.45. The van der Waals surface area contributed by atoms with Crippen molar-refractivity contribution in [3.05, 3.63) is 62.8 Å². The maximum atomic E-state index is 13.1. The molecule has 0 aliphatic heterocycles. The zero-order chi connectivity index (χ0) is 17.4. The van der Waals surface area contributed by atoms with Crippen LogP contribution in [-0.4, -0.2) is 21.8 Å². The molecule has 0 saturated heterocycles. The molecule has 3 nitrogen and oxygen atoms in total. The standard InChI is InChI=1S/C20H20N2OS2/c1-13-14(2)25-19(21-13)16-4-3-5-17(10-16)20(23)22(18-6-7-18)11-15-8-9-24-12-15/h3-5,8-10,12,18H,6-7,11H2,1-2H3. The highest BCUT2D eigenvalue weighted by Crippen LogP contribution is 2.32. The van der Waals surface area contributed by atoms with Crippen molar-refractivity contribution in [2.45, 2.75) is 39.3 Å². The summed E-state index contributed by atoms with van der Waals surface area (Å²) < 4.78 is 0. The van der Waals surface area contributed by atoms with E-state index in [-0.39, 0.29) is 5.91 Å². The highest BCUT2D eigenvalue weighted by atomic mass is 32.1. The minimum absolute atomic E-state index is 0.126. The van der Waals surface area contributed by atoms with E-state index >= 15 is 0 Å². The summed E-state index contributed by atoms with van der Waals surface area (Å²) in [6.45, 7) is 4.81. The van der Waals surface area contributed by atoms with Gasteiger partial charge < -0.3 is 4.90 Å². The summed E-state index contributed by atoms with van der Waals surface area (Å²) in [4.78, 5) is 21.0. The first-order valence-electron chi connectivity index (χ1n) is 8.48. The van der Waals surface area contributed by atoms with Gasteiger partial charge in [0.1, 0.15) is 5.01 Å². The Balaban J connectivity index is 1.61. The van der Waals surface area contributed by atoms with Crippen LogP contribution < -0.4 is 0 Å². The van der Waals surface area contributed by atoms with Gasteiger partial charge in [-0.05, 0) is 61.2 Å². The van der Waals surface area contributed by atoms with Gasteiger partial charge in [-0.3, -0.25) is 4.79 Å². The fourth-order valence-electron chi connectivity index (χ4n) is 2.88. The molecule has 1 amide bonds. The van der Waals surface area contributed by atoms with Crippen molar-refractivity contribution in [1.29, 1.82) is 0 Å². The Bertz CT molecular complexity index is 875. The Morgan fingerprint density at radius 2 is 2.12 bits per heavy atom. The van der Waals surface area contributed by atoms with Gasteiger partial charge >= 0.3 is 0 Å². The van der Waals surface area contributed by atoms with Crippen LogP contribution in [0.1, 0.15) is 39.3 Å². The summed E-state index contributed by atoms with van der Waals surface area (Å²) in [5.41, 5.74) is 4.06. The molecule has 0 spiro atoms. The molecule has 1 aromatic carbocycles. The van der Waals surface area contributed by atoms with Gasteiger partial charge in [-0.15, -0.1) is 11.3 Å². The van der Waals surface area contributed by atoms with Crippen LogP contribution in [-0.2, 0) is 6.54 Å². The highest BCUT2D eigenvalue weighted by Gasteiger charge is 2.33. The molecule has 1 aliphatic carbocycles. The van der Waals surface area contributed by atoms with Gasteiger partial charge in [-0.2, -0.15) is 11.3 Å². The second kappa shape index (κ2) is 6.73. The number of carbonyl (C=O) groups excluding carboxylic acids is 1. The van der Waals surface area contributed by atoms with Crippen LogP contribution in [0.3, 0.4) is 0 Å². The van der Waals surface area contributed by atoms with E-state index in [1.54, 1.807) is 22.7 Å². The zero-order valence-corrected chi connectivity index (χ0v) is 16.0. The molecule has 1 aliphatic rings. The lowest BCUT2D eigenvalue weighted by molar-refractivity contribution is 0.0730. The van der Waals surface area contributed by atoms with Gasteiger partial charge in [0.25, 0.3) is 5.91 Å². The maximum absolute atomic E-state index is 13.1. The molecule has 1 fully saturated rings. The molecule has 2 aromatic heterocycles. The number of rotatable bonds is 5. The third kappa shape index (κ3) is 3.53. The quantitative estimate of drug-likeness (QED) is 0.613. The van der Waals surface area contributed by atoms with Crippen LogP contribution >= 0.6 is 22.7 Å². The van der Waals surface area contributed by atoms with Gasteiger partial charge in [0.05, 0.1) is 5.69 Å². The van der Waals surface area contributed by atoms with E-state index in [0.29, 0.717) is 12.6 Å². The normalized spacial score (nSPS) is 13.8. The Labute approximate surface area is 156 Å². The van der Waals surface area contributed by atoms with Crippen molar-refractivity contribution < 1.29 is 4.79 Å². The van der Waals surface area contributed by atoms with E-state index in [4.69, 9.17) is 0 Å². The topological polar surface area (TPSA) is 33.2 Å². The average Bonchev–Trinajstić information content (AvgIpc) is 3.23. The van der Waals surface area contributed by atoms with Crippen LogP contribution in [0, 0.1) is 13.8 Å². The van der Waals surface area contributed by atoms with Crippen molar-refractivity contribution in [3.63, 3.8) is 0 Å². The number of benzene rings is 1. The second-order valence-electron chi connectivity index (χ2n) is 6.54. The number of hydrogen-bond donors (Lipinski definition) is 0. The number of nitrogens with zero attached hydrogens (tertiary/aromatic N) is 2. The summed E-state index contributed by atoms with van der Waals surface area (Å²) in [6, 6.07) is 10.4. The van der Waals surface area contributed by atoms with Gasteiger partial charge in [-0.25, -0.2) is 4.98 Å². The zero-order valence-electron chi connectivity index (χ0n) is 14.4. The average molecular weight is 369 g/mol. The third-order valence-corrected chi connectivity index (χ3v) is 6.42. The summed E-state index contributed by atoms with van der Waals surface area (Å²) in [5, 5.41) is 5.18. The number of carbonyl (C=O) groups is 1. The number of amides is 1. The van der Waals surface area contributed by atoms with Gasteiger partial charge in [0.15, 0.2) is 0 Å². The van der Waals surface area contributed by atoms with E-state index in [1.807, 2.05) is 36.1 Å². The summed E-state index contributed by atoms with van der Waals surface area (Å²) >= 11 is 3.36. The molecule has 0 N–H and O–H groups in total. The Morgan fingerprint density at radius 3 is 2.76 bits per heavy atom. The van der Waals surface area contributed by atoms with E-state index in [9.17, 15) is 4.79 Å². The van der Waals surface area contributed by atoms with E-state index < -0.39 is 0 Å². The van der Waals surface area contributed by atoms with Gasteiger partial charge in [-0.1, -0.05) is 12.1 Å². The van der Waals surface area contributed by atoms with Crippen LogP contribution in [0.25, 0.3) is 10.6 Å². The molecule has 0 unspecified atom stereocenters. The maximum Gasteiger partial charge on any atom is 0.254 e. The Kier molecular flexibility index (Phi) is 4.44. The lowest BCUT2D eigenvalue weighted by Crippen LogP contribution is -2.32. The smallest absolute Gasteiger partial charge is 0.254 e. The number of aryl methyl sites for hydroxylation is 2. The van der Waals surface area contributed by atoms with Crippen LogP contribution in [0.2, 0.25) is 0 Å². The number of hydrogen-bond acceptors (Lipinski definition) is 4. The van der Waals surface area contributed by atoms with Crippen LogP contribution in [0.5, 0.6) is 0 Å². The second-order valence-corrected chi connectivity index (χ2v) is 8.52. The van der Waals surface area contributed by atoms with Crippen LogP contribution in [0.15, 0.2) is 41.1 Å². The molecule has 1 saturated carbocycles. The number of thiophene rings is 1. The minimum Gasteiger partial charge on any atom is -0.331 e. The first kappa shape index (κ1) is 16.5. The van der Waals surface area contributed by atoms with Crippen molar-refractivity contribution in [2.75, 3.05) is 0 Å². The van der Waals surface area contributed by atoms with Crippen molar-refractivity contribution in [2.24, 2.45) is 0 Å². The SMILES string of the molecule is Cc1nc(-c2cccc(C(=O)N(Cc3ccsc3)C3CC3)c2)sc1C. The summed E-state index contributed by atoms with van der Waals surface area (Å²) in [7, 11) is 0. The van der Waals surface area contributed by atoms with Gasteiger partial charge in [0, 0.05) is 28.6 Å². The molecule has 25 heavy (non-hydrogen) atoms. The van der Waals surface area contributed by atoms with Crippen molar-refractivity contribution in [3.8, 4) is 10.6 Å². The van der Waals surface area contributed by atoms with E-state index in [2.05, 4.69) is 28.7 Å². The van der Waals surface area contributed by atoms with E-state index in [0.717, 1.165) is 34.7 Å². The Hall–Kier alpha value is -1.98. The molecule has 128 valence electrons. The van der Waals surface area contributed by atoms with E-state index in [1.165, 1.54) is 10.4 Å². The largest absolute Gasteiger partial charge is 0.331 e. The molecule has 5 heteroatoms. The molecule has 3 aromatic rings. The molecule has 2 heterocycles. The number of aromatic nitrogens is 1. The predicted octanol–water partition coefficient (Wildman–Crippen LogP) is 5.29. The monoisotopic (exact) mass is 368 g/mol. The summed E-state index contributed by atoms with van der Waals surface area (Å²) in [6.07, 6.45) is 2.22. The Morgan fingerprint density at radius 1 is 1.28 bits per heavy atom. The third-order valence-electron chi connectivity index (χ3n) is 4.57.